The molecule has 5 heteroatoms. The molecule has 1 saturated carbocycles. The van der Waals surface area contributed by atoms with Crippen molar-refractivity contribution in [2.75, 3.05) is 5.32 Å². The Balaban J connectivity index is 2.02. The van der Waals surface area contributed by atoms with Crippen LogP contribution in [0.2, 0.25) is 5.02 Å². The molecule has 1 aliphatic carbocycles. The Morgan fingerprint density at radius 1 is 1.10 bits per heavy atom. The van der Waals surface area contributed by atoms with Gasteiger partial charge in [0.2, 0.25) is 5.91 Å². The molecule has 1 fully saturated rings. The number of benzene rings is 1. The predicted octanol–water partition coefficient (Wildman–Crippen LogP) is 4.34. The lowest BCUT2D eigenvalue weighted by molar-refractivity contribution is -0.120. The van der Waals surface area contributed by atoms with Crippen LogP contribution in [0.5, 0.6) is 0 Å². The summed E-state index contributed by atoms with van der Waals surface area (Å²) in [6, 6.07) is 4.35. The monoisotopic (exact) mass is 309 g/mol. The average Bonchev–Trinajstić information content (AvgIpc) is 2.40. The number of carboxylic acid groups (broad SMARTS) is 1. The average molecular weight is 310 g/mol. The molecule has 21 heavy (non-hydrogen) atoms. The van der Waals surface area contributed by atoms with Crippen LogP contribution in [0, 0.1) is 5.92 Å². The van der Waals surface area contributed by atoms with E-state index in [-0.39, 0.29) is 22.4 Å². The number of carbonyl (C=O) groups is 2. The SMILES string of the molecule is O=C(O)c1ccc(NC(=O)C2CCCCCCC2)c(Cl)c1. The number of hydrogen-bond acceptors (Lipinski definition) is 2. The molecule has 0 spiro atoms. The largest absolute Gasteiger partial charge is 0.478 e. The Morgan fingerprint density at radius 3 is 2.29 bits per heavy atom. The normalized spacial score (nSPS) is 16.8. The summed E-state index contributed by atoms with van der Waals surface area (Å²) >= 11 is 6.04. The fraction of sp³-hybridized carbons (Fsp3) is 0.500. The van der Waals surface area contributed by atoms with Crippen LogP contribution in [0.25, 0.3) is 0 Å². The van der Waals surface area contributed by atoms with Crippen LogP contribution in [-0.2, 0) is 4.79 Å². The van der Waals surface area contributed by atoms with E-state index in [0.29, 0.717) is 5.69 Å². The van der Waals surface area contributed by atoms with Crippen LogP contribution in [0.1, 0.15) is 55.3 Å². The molecule has 0 atom stereocenters. The Kier molecular flexibility index (Phi) is 5.62. The summed E-state index contributed by atoms with van der Waals surface area (Å²) in [7, 11) is 0. The van der Waals surface area contributed by atoms with E-state index in [2.05, 4.69) is 5.32 Å². The fourth-order valence-electron chi connectivity index (χ4n) is 2.70. The molecule has 0 saturated heterocycles. The molecule has 1 amide bonds. The topological polar surface area (TPSA) is 66.4 Å². The standard InChI is InChI=1S/C16H20ClNO3/c17-13-10-12(16(20)21)8-9-14(13)18-15(19)11-6-4-2-1-3-5-7-11/h8-11H,1-7H2,(H,18,19)(H,20,21). The van der Waals surface area contributed by atoms with Gasteiger partial charge in [0.05, 0.1) is 16.3 Å². The van der Waals surface area contributed by atoms with Crippen molar-refractivity contribution in [3.05, 3.63) is 28.8 Å². The van der Waals surface area contributed by atoms with Gasteiger partial charge in [-0.25, -0.2) is 4.79 Å². The van der Waals surface area contributed by atoms with E-state index in [1.807, 2.05) is 0 Å². The van der Waals surface area contributed by atoms with Crippen LogP contribution in [0.4, 0.5) is 5.69 Å². The van der Waals surface area contributed by atoms with Gasteiger partial charge in [-0.1, -0.05) is 43.7 Å². The van der Waals surface area contributed by atoms with E-state index in [1.54, 1.807) is 6.07 Å². The van der Waals surface area contributed by atoms with Crippen molar-refractivity contribution in [1.82, 2.24) is 0 Å². The molecule has 0 unspecified atom stereocenters. The van der Waals surface area contributed by atoms with Gasteiger partial charge >= 0.3 is 5.97 Å². The maximum Gasteiger partial charge on any atom is 0.335 e. The number of nitrogens with one attached hydrogen (secondary N) is 1. The van der Waals surface area contributed by atoms with Crippen molar-refractivity contribution in [2.45, 2.75) is 44.9 Å². The van der Waals surface area contributed by atoms with Gasteiger partial charge in [0, 0.05) is 5.92 Å². The maximum absolute atomic E-state index is 12.3. The van der Waals surface area contributed by atoms with E-state index < -0.39 is 5.97 Å². The molecular weight excluding hydrogens is 290 g/mol. The molecule has 2 N–H and O–H groups in total. The highest BCUT2D eigenvalue weighted by Gasteiger charge is 2.20. The van der Waals surface area contributed by atoms with Crippen molar-refractivity contribution in [3.63, 3.8) is 0 Å². The first-order chi connectivity index (χ1) is 10.1. The number of hydrogen-bond donors (Lipinski definition) is 2. The van der Waals surface area contributed by atoms with Crippen molar-refractivity contribution in [3.8, 4) is 0 Å². The zero-order valence-electron chi connectivity index (χ0n) is 11.9. The van der Waals surface area contributed by atoms with E-state index in [1.165, 1.54) is 31.4 Å². The maximum atomic E-state index is 12.3. The summed E-state index contributed by atoms with van der Waals surface area (Å²) in [4.78, 5) is 23.2. The molecule has 0 radical (unpaired) electrons. The fourth-order valence-corrected chi connectivity index (χ4v) is 2.93. The van der Waals surface area contributed by atoms with Crippen LogP contribution < -0.4 is 5.32 Å². The highest BCUT2D eigenvalue weighted by molar-refractivity contribution is 6.34. The third kappa shape index (κ3) is 4.46. The van der Waals surface area contributed by atoms with E-state index in [9.17, 15) is 9.59 Å². The van der Waals surface area contributed by atoms with E-state index in [0.717, 1.165) is 25.7 Å². The van der Waals surface area contributed by atoms with Crippen molar-refractivity contribution >= 4 is 29.2 Å². The van der Waals surface area contributed by atoms with E-state index >= 15 is 0 Å². The number of amides is 1. The molecule has 4 nitrogen and oxygen atoms in total. The zero-order valence-corrected chi connectivity index (χ0v) is 12.7. The highest BCUT2D eigenvalue weighted by Crippen LogP contribution is 2.27. The number of anilines is 1. The second-order valence-corrected chi connectivity index (χ2v) is 5.94. The summed E-state index contributed by atoms with van der Waals surface area (Å²) < 4.78 is 0. The molecular formula is C16H20ClNO3. The summed E-state index contributed by atoms with van der Waals surface area (Å²) in [5, 5.41) is 12.0. The van der Waals surface area contributed by atoms with Crippen molar-refractivity contribution in [2.24, 2.45) is 5.92 Å². The van der Waals surface area contributed by atoms with Gasteiger partial charge in [-0.2, -0.15) is 0 Å². The van der Waals surface area contributed by atoms with Crippen LogP contribution >= 0.6 is 11.6 Å². The van der Waals surface area contributed by atoms with Crippen LogP contribution in [0.3, 0.4) is 0 Å². The second kappa shape index (κ2) is 7.46. The summed E-state index contributed by atoms with van der Waals surface area (Å²) in [5.41, 5.74) is 0.595. The first-order valence-electron chi connectivity index (χ1n) is 7.41. The summed E-state index contributed by atoms with van der Waals surface area (Å²) in [6.45, 7) is 0. The molecule has 0 aliphatic heterocycles. The molecule has 0 aromatic heterocycles. The van der Waals surface area contributed by atoms with Crippen molar-refractivity contribution < 1.29 is 14.7 Å². The predicted molar refractivity (Wildman–Crippen MR) is 82.9 cm³/mol. The smallest absolute Gasteiger partial charge is 0.335 e. The molecule has 1 aliphatic rings. The quantitative estimate of drug-likeness (QED) is 0.873. The molecule has 0 bridgehead atoms. The molecule has 1 aromatic carbocycles. The number of carboxylic acids is 1. The Bertz CT molecular complexity index is 522. The minimum absolute atomic E-state index is 0.0122. The van der Waals surface area contributed by atoms with Gasteiger partial charge in [-0.15, -0.1) is 0 Å². The highest BCUT2D eigenvalue weighted by atomic mass is 35.5. The Labute approximate surface area is 129 Å². The van der Waals surface area contributed by atoms with Gasteiger partial charge in [0.25, 0.3) is 0 Å². The molecule has 2 rings (SSSR count). The van der Waals surface area contributed by atoms with Crippen molar-refractivity contribution in [1.29, 1.82) is 0 Å². The number of carbonyl (C=O) groups excluding carboxylic acids is 1. The van der Waals surface area contributed by atoms with Gasteiger partial charge in [-0.05, 0) is 31.0 Å². The Hall–Kier alpha value is -1.55. The molecule has 114 valence electrons. The lowest BCUT2D eigenvalue weighted by Crippen LogP contribution is -2.23. The van der Waals surface area contributed by atoms with Gasteiger partial charge in [-0.3, -0.25) is 4.79 Å². The second-order valence-electron chi connectivity index (χ2n) is 5.53. The lowest BCUT2D eigenvalue weighted by atomic mass is 9.90. The minimum atomic E-state index is -1.03. The van der Waals surface area contributed by atoms with Gasteiger partial charge in [0.15, 0.2) is 0 Å². The lowest BCUT2D eigenvalue weighted by Gasteiger charge is -2.19. The Morgan fingerprint density at radius 2 is 1.71 bits per heavy atom. The van der Waals surface area contributed by atoms with Gasteiger partial charge < -0.3 is 10.4 Å². The third-order valence-electron chi connectivity index (χ3n) is 3.95. The van der Waals surface area contributed by atoms with E-state index in [4.69, 9.17) is 16.7 Å². The summed E-state index contributed by atoms with van der Waals surface area (Å²) in [5.74, 6) is -1.02. The number of halogens is 1. The van der Waals surface area contributed by atoms with Crippen LogP contribution in [-0.4, -0.2) is 17.0 Å². The van der Waals surface area contributed by atoms with Crippen LogP contribution in [0.15, 0.2) is 18.2 Å². The number of aromatic carboxylic acids is 1. The minimum Gasteiger partial charge on any atom is -0.478 e. The third-order valence-corrected chi connectivity index (χ3v) is 4.26. The molecule has 1 aromatic rings. The van der Waals surface area contributed by atoms with Gasteiger partial charge in [0.1, 0.15) is 0 Å². The molecule has 0 heterocycles. The first-order valence-corrected chi connectivity index (χ1v) is 7.79. The first kappa shape index (κ1) is 15.8. The number of rotatable bonds is 3. The summed E-state index contributed by atoms with van der Waals surface area (Å²) in [6.07, 6.45) is 7.65. The zero-order chi connectivity index (χ0) is 15.2.